The van der Waals surface area contributed by atoms with Crippen LogP contribution in [0.15, 0.2) is 0 Å². The third kappa shape index (κ3) is 354. The normalized spacial score (nSPS) is 6.00. The molecule has 0 unspecified atom stereocenters. The van der Waals surface area contributed by atoms with Gasteiger partial charge in [0.15, 0.2) is 0 Å². The van der Waals surface area contributed by atoms with E-state index in [-0.39, 0.29) is 37.7 Å². The van der Waals surface area contributed by atoms with Crippen LogP contribution in [0.3, 0.4) is 0 Å². The van der Waals surface area contributed by atoms with Gasteiger partial charge in [-0.25, -0.2) is 0 Å². The van der Waals surface area contributed by atoms with Gasteiger partial charge in [-0.05, 0) is 0 Å². The monoisotopic (exact) mass is 166 g/mol. The van der Waals surface area contributed by atoms with E-state index < -0.39 is 14.6 Å². The Morgan fingerprint density at radius 1 is 0.556 bits per heavy atom. The van der Waals surface area contributed by atoms with Gasteiger partial charge in [0, 0.05) is 0 Å². The second kappa shape index (κ2) is 11.9. The Balaban J connectivity index is -0.0000000720. The first kappa shape index (κ1) is 16.6. The molecule has 0 aromatic heterocycles. The third-order valence-corrected chi connectivity index (χ3v) is 0. The van der Waals surface area contributed by atoms with Crippen molar-refractivity contribution in [2.24, 2.45) is 0 Å². The zero-order chi connectivity index (χ0) is 7.15. The molecule has 52 valence electrons. The van der Waals surface area contributed by atoms with Gasteiger partial charge < -0.3 is 30.1 Å². The summed E-state index contributed by atoms with van der Waals surface area (Å²) in [7, 11) is -4.33. The van der Waals surface area contributed by atoms with Crippen molar-refractivity contribution < 1.29 is 30.1 Å². The standard InChI is InChI=1S/2BH3O3.Ca.2H/c2*2-1(3)4;;;/h2*2-4H;;;. The predicted molar refractivity (Wildman–Crippen MR) is 33.4 cm³/mol. The van der Waals surface area contributed by atoms with Crippen molar-refractivity contribution >= 4 is 52.4 Å². The van der Waals surface area contributed by atoms with Crippen LogP contribution in [-0.4, -0.2) is 82.5 Å². The Labute approximate surface area is 82.1 Å². The summed E-state index contributed by atoms with van der Waals surface area (Å²) in [6.45, 7) is 0. The summed E-state index contributed by atoms with van der Waals surface area (Å²) in [5.74, 6) is 0. The zero-order valence-electron chi connectivity index (χ0n) is 3.84. The fourth-order valence-corrected chi connectivity index (χ4v) is 0. The Kier molecular flexibility index (Phi) is 22.0. The Morgan fingerprint density at radius 2 is 0.556 bits per heavy atom. The predicted octanol–water partition coefficient (Wildman–Crippen LogP) is -5.02. The van der Waals surface area contributed by atoms with Crippen molar-refractivity contribution in [3.8, 4) is 0 Å². The molecule has 0 atom stereocenters. The molecule has 0 saturated carbocycles. The van der Waals surface area contributed by atoms with Gasteiger partial charge in [0.25, 0.3) is 0 Å². The van der Waals surface area contributed by atoms with Crippen LogP contribution in [0, 0.1) is 0 Å². The number of rotatable bonds is 0. The third-order valence-electron chi connectivity index (χ3n) is 0. The van der Waals surface area contributed by atoms with Crippen molar-refractivity contribution in [1.82, 2.24) is 0 Å². The maximum absolute atomic E-state index is 7.17. The van der Waals surface area contributed by atoms with E-state index in [0.717, 1.165) is 0 Å². The molecule has 0 aliphatic carbocycles. The van der Waals surface area contributed by atoms with Gasteiger partial charge in [-0.3, -0.25) is 0 Å². The van der Waals surface area contributed by atoms with E-state index in [9.17, 15) is 0 Å². The van der Waals surface area contributed by atoms with Crippen LogP contribution in [0.2, 0.25) is 0 Å². The summed E-state index contributed by atoms with van der Waals surface area (Å²) >= 11 is 0. The summed E-state index contributed by atoms with van der Waals surface area (Å²) in [6, 6.07) is 0. The van der Waals surface area contributed by atoms with Crippen LogP contribution in [0.4, 0.5) is 0 Å². The average Bonchev–Trinajstić information content (AvgIpc) is 1.25. The van der Waals surface area contributed by atoms with E-state index in [1.54, 1.807) is 0 Å². The zero-order valence-corrected chi connectivity index (χ0v) is 3.84. The minimum atomic E-state index is -2.17. The van der Waals surface area contributed by atoms with E-state index in [0.29, 0.717) is 0 Å². The Bertz CT molecular complexity index is 26.5. The van der Waals surface area contributed by atoms with E-state index in [2.05, 4.69) is 0 Å². The van der Waals surface area contributed by atoms with Crippen molar-refractivity contribution in [3.05, 3.63) is 0 Å². The molecule has 0 radical (unpaired) electrons. The molecule has 0 saturated heterocycles. The number of hydrogen-bond acceptors (Lipinski definition) is 6. The van der Waals surface area contributed by atoms with Crippen LogP contribution in [-0.2, 0) is 0 Å². The molecule has 0 aliphatic rings. The van der Waals surface area contributed by atoms with E-state index in [1.807, 2.05) is 0 Å². The van der Waals surface area contributed by atoms with Crippen molar-refractivity contribution in [1.29, 1.82) is 0 Å². The molecular formula is H8B2CaO6. The minimum absolute atomic E-state index is 0. The molecule has 0 aromatic carbocycles. The average molecular weight is 166 g/mol. The Morgan fingerprint density at radius 3 is 0.556 bits per heavy atom. The summed E-state index contributed by atoms with van der Waals surface area (Å²) < 4.78 is 0. The van der Waals surface area contributed by atoms with Gasteiger partial charge >= 0.3 is 52.4 Å². The Hall–Kier alpha value is 1.15. The molecule has 6 N–H and O–H groups in total. The molecular weight excluding hydrogens is 158 g/mol. The maximum atomic E-state index is 7.17. The SMILES string of the molecule is OB(O)O.OB(O)O.[CaH2]. The molecule has 0 aliphatic heterocycles. The summed E-state index contributed by atoms with van der Waals surface area (Å²) in [6.07, 6.45) is 0. The second-order valence-electron chi connectivity index (χ2n) is 0.693. The fourth-order valence-electron chi connectivity index (χ4n) is 0. The van der Waals surface area contributed by atoms with Gasteiger partial charge in [0.2, 0.25) is 0 Å². The molecule has 0 heterocycles. The summed E-state index contributed by atoms with van der Waals surface area (Å²) in [5.41, 5.74) is 0. The van der Waals surface area contributed by atoms with E-state index in [4.69, 9.17) is 30.1 Å². The second-order valence-corrected chi connectivity index (χ2v) is 0.693. The van der Waals surface area contributed by atoms with Gasteiger partial charge in [0.1, 0.15) is 0 Å². The first-order chi connectivity index (χ1) is 3.46. The molecule has 0 fully saturated rings. The molecule has 6 nitrogen and oxygen atoms in total. The summed E-state index contributed by atoms with van der Waals surface area (Å²) in [5, 5.41) is 43.0. The molecule has 0 bridgehead atoms. The molecule has 0 aromatic rings. The molecule has 0 rings (SSSR count). The van der Waals surface area contributed by atoms with Crippen molar-refractivity contribution in [2.45, 2.75) is 0 Å². The van der Waals surface area contributed by atoms with Crippen molar-refractivity contribution in [2.75, 3.05) is 0 Å². The van der Waals surface area contributed by atoms with Crippen LogP contribution in [0.1, 0.15) is 0 Å². The first-order valence-electron chi connectivity index (χ1n) is 1.55. The van der Waals surface area contributed by atoms with Gasteiger partial charge in [-0.15, -0.1) is 0 Å². The summed E-state index contributed by atoms with van der Waals surface area (Å²) in [4.78, 5) is 0. The van der Waals surface area contributed by atoms with Crippen LogP contribution >= 0.6 is 0 Å². The van der Waals surface area contributed by atoms with Gasteiger partial charge in [-0.2, -0.15) is 0 Å². The molecule has 0 spiro atoms. The topological polar surface area (TPSA) is 121 Å². The van der Waals surface area contributed by atoms with Crippen LogP contribution in [0.25, 0.3) is 0 Å². The quantitative estimate of drug-likeness (QED) is 0.200. The van der Waals surface area contributed by atoms with Crippen molar-refractivity contribution in [3.63, 3.8) is 0 Å². The van der Waals surface area contributed by atoms with Crippen LogP contribution < -0.4 is 0 Å². The fraction of sp³-hybridized carbons (Fsp3) is 0. The van der Waals surface area contributed by atoms with Gasteiger partial charge in [0.05, 0.1) is 0 Å². The van der Waals surface area contributed by atoms with Gasteiger partial charge in [-0.1, -0.05) is 0 Å². The molecule has 0 amide bonds. The molecule has 9 heavy (non-hydrogen) atoms. The van der Waals surface area contributed by atoms with E-state index >= 15 is 0 Å². The van der Waals surface area contributed by atoms with E-state index in [1.165, 1.54) is 0 Å². The number of hydrogen-bond donors (Lipinski definition) is 6. The van der Waals surface area contributed by atoms with Crippen LogP contribution in [0.5, 0.6) is 0 Å². The first-order valence-corrected chi connectivity index (χ1v) is 1.55. The molecule has 9 heteroatoms.